The summed E-state index contributed by atoms with van der Waals surface area (Å²) in [4.78, 5) is 23.1. The molecule has 2 rings (SSSR count). The van der Waals surface area contributed by atoms with Gasteiger partial charge in [0, 0.05) is 24.3 Å². The Balaban J connectivity index is 2.11. The smallest absolute Gasteiger partial charge is 0.166 e. The number of ether oxygens (including phenoxy) is 1. The molecular weight excluding hydrogens is 204 g/mol. The van der Waals surface area contributed by atoms with Crippen LogP contribution in [0.5, 0.6) is 5.75 Å². The fraction of sp³-hybridized carbons (Fsp3) is 0.385. The Morgan fingerprint density at radius 1 is 1.31 bits per heavy atom. The van der Waals surface area contributed by atoms with Crippen molar-refractivity contribution in [3.05, 3.63) is 29.8 Å². The molecule has 0 amide bonds. The van der Waals surface area contributed by atoms with E-state index in [-0.39, 0.29) is 17.5 Å². The Kier molecular flexibility index (Phi) is 3.04. The summed E-state index contributed by atoms with van der Waals surface area (Å²) in [6, 6.07) is 7.04. The zero-order valence-corrected chi connectivity index (χ0v) is 9.23. The van der Waals surface area contributed by atoms with Gasteiger partial charge in [0.2, 0.25) is 0 Å². The number of ketones is 2. The fourth-order valence-corrected chi connectivity index (χ4v) is 2.03. The van der Waals surface area contributed by atoms with Gasteiger partial charge < -0.3 is 4.74 Å². The molecular formula is C13H14O3. The summed E-state index contributed by atoms with van der Waals surface area (Å²) in [6.07, 6.45) is 1.65. The van der Waals surface area contributed by atoms with Crippen molar-refractivity contribution in [2.75, 3.05) is 7.11 Å². The minimum Gasteiger partial charge on any atom is -0.497 e. The van der Waals surface area contributed by atoms with Crippen LogP contribution in [-0.2, 0) is 4.79 Å². The molecule has 1 aliphatic rings. The van der Waals surface area contributed by atoms with Gasteiger partial charge in [-0.3, -0.25) is 9.59 Å². The summed E-state index contributed by atoms with van der Waals surface area (Å²) in [5, 5.41) is 0. The van der Waals surface area contributed by atoms with Crippen LogP contribution in [-0.4, -0.2) is 18.7 Å². The van der Waals surface area contributed by atoms with Crippen LogP contribution in [0.4, 0.5) is 0 Å². The molecule has 1 atom stereocenters. The normalized spacial score (nSPS) is 19.8. The van der Waals surface area contributed by atoms with Crippen LogP contribution >= 0.6 is 0 Å². The predicted octanol–water partition coefficient (Wildman–Crippen LogP) is 2.25. The minimum absolute atomic E-state index is 0.0773. The highest BCUT2D eigenvalue weighted by Gasteiger charge is 2.28. The summed E-state index contributed by atoms with van der Waals surface area (Å²) < 4.78 is 5.03. The Labute approximate surface area is 94.4 Å². The topological polar surface area (TPSA) is 43.4 Å². The third kappa shape index (κ3) is 2.13. The summed E-state index contributed by atoms with van der Waals surface area (Å²) >= 11 is 0. The van der Waals surface area contributed by atoms with E-state index in [2.05, 4.69) is 0 Å². The van der Waals surface area contributed by atoms with Crippen LogP contribution in [0.3, 0.4) is 0 Å². The SMILES string of the molecule is COc1ccc(C(=O)C2CCC(=O)C2)cc1. The van der Waals surface area contributed by atoms with E-state index in [1.54, 1.807) is 31.4 Å². The van der Waals surface area contributed by atoms with Crippen molar-refractivity contribution in [3.8, 4) is 5.75 Å². The Morgan fingerprint density at radius 2 is 2.00 bits per heavy atom. The second-order valence-corrected chi connectivity index (χ2v) is 4.07. The minimum atomic E-state index is -0.110. The maximum Gasteiger partial charge on any atom is 0.166 e. The van der Waals surface area contributed by atoms with Crippen molar-refractivity contribution in [2.45, 2.75) is 19.3 Å². The molecule has 3 heteroatoms. The number of carbonyl (C=O) groups excluding carboxylic acids is 2. The van der Waals surface area contributed by atoms with Gasteiger partial charge in [-0.15, -0.1) is 0 Å². The molecule has 1 unspecified atom stereocenters. The van der Waals surface area contributed by atoms with E-state index in [1.165, 1.54) is 0 Å². The first-order valence-electron chi connectivity index (χ1n) is 5.40. The summed E-state index contributed by atoms with van der Waals surface area (Å²) in [7, 11) is 1.59. The zero-order chi connectivity index (χ0) is 11.5. The Morgan fingerprint density at radius 3 is 2.50 bits per heavy atom. The maximum atomic E-state index is 12.0. The van der Waals surface area contributed by atoms with Gasteiger partial charge in [-0.1, -0.05) is 0 Å². The molecule has 0 saturated heterocycles. The van der Waals surface area contributed by atoms with E-state index in [4.69, 9.17) is 4.74 Å². The number of carbonyl (C=O) groups is 2. The molecule has 0 aromatic heterocycles. The van der Waals surface area contributed by atoms with Gasteiger partial charge in [0.25, 0.3) is 0 Å². The van der Waals surface area contributed by atoms with Crippen molar-refractivity contribution >= 4 is 11.6 Å². The summed E-state index contributed by atoms with van der Waals surface area (Å²) in [6.45, 7) is 0. The highest BCUT2D eigenvalue weighted by molar-refractivity contribution is 6.01. The van der Waals surface area contributed by atoms with Gasteiger partial charge in [-0.2, -0.15) is 0 Å². The van der Waals surface area contributed by atoms with Gasteiger partial charge in [0.1, 0.15) is 11.5 Å². The second kappa shape index (κ2) is 4.47. The van der Waals surface area contributed by atoms with Gasteiger partial charge in [-0.05, 0) is 30.7 Å². The van der Waals surface area contributed by atoms with E-state index >= 15 is 0 Å². The van der Waals surface area contributed by atoms with E-state index in [0.29, 0.717) is 24.8 Å². The molecule has 1 aliphatic carbocycles. The Bertz CT molecular complexity index is 406. The number of methoxy groups -OCH3 is 1. The molecule has 0 heterocycles. The third-order valence-electron chi connectivity index (χ3n) is 2.99. The lowest BCUT2D eigenvalue weighted by molar-refractivity contribution is -0.117. The van der Waals surface area contributed by atoms with E-state index < -0.39 is 0 Å². The van der Waals surface area contributed by atoms with Gasteiger partial charge in [-0.25, -0.2) is 0 Å². The lowest BCUT2D eigenvalue weighted by Crippen LogP contribution is -2.11. The first-order valence-corrected chi connectivity index (χ1v) is 5.40. The highest BCUT2D eigenvalue weighted by Crippen LogP contribution is 2.26. The predicted molar refractivity (Wildman–Crippen MR) is 59.7 cm³/mol. The van der Waals surface area contributed by atoms with Crippen molar-refractivity contribution in [1.29, 1.82) is 0 Å². The number of benzene rings is 1. The van der Waals surface area contributed by atoms with Gasteiger partial charge in [0.05, 0.1) is 7.11 Å². The van der Waals surface area contributed by atoms with Crippen LogP contribution in [0.25, 0.3) is 0 Å². The molecule has 84 valence electrons. The van der Waals surface area contributed by atoms with E-state index in [9.17, 15) is 9.59 Å². The van der Waals surface area contributed by atoms with Gasteiger partial charge >= 0.3 is 0 Å². The van der Waals surface area contributed by atoms with Crippen molar-refractivity contribution in [3.63, 3.8) is 0 Å². The molecule has 0 bridgehead atoms. The second-order valence-electron chi connectivity index (χ2n) is 4.07. The average molecular weight is 218 g/mol. The Hall–Kier alpha value is -1.64. The fourth-order valence-electron chi connectivity index (χ4n) is 2.03. The monoisotopic (exact) mass is 218 g/mol. The van der Waals surface area contributed by atoms with Crippen LogP contribution in [0.2, 0.25) is 0 Å². The average Bonchev–Trinajstić information content (AvgIpc) is 2.75. The lowest BCUT2D eigenvalue weighted by Gasteiger charge is -2.07. The molecule has 3 nitrogen and oxygen atoms in total. The molecule has 0 aliphatic heterocycles. The van der Waals surface area contributed by atoms with Crippen LogP contribution < -0.4 is 4.74 Å². The summed E-state index contributed by atoms with van der Waals surface area (Å²) in [5.74, 6) is 0.903. The zero-order valence-electron chi connectivity index (χ0n) is 9.23. The van der Waals surface area contributed by atoms with E-state index in [0.717, 1.165) is 5.75 Å². The van der Waals surface area contributed by atoms with E-state index in [1.807, 2.05) is 0 Å². The standard InChI is InChI=1S/C13H14O3/c1-16-12-6-3-9(4-7-12)13(15)10-2-5-11(14)8-10/h3-4,6-7,10H,2,5,8H2,1H3. The molecule has 1 aromatic rings. The molecule has 16 heavy (non-hydrogen) atoms. The first kappa shape index (κ1) is 10.9. The number of Topliss-reactive ketones (excluding diaryl/α,β-unsaturated/α-hetero) is 2. The first-order chi connectivity index (χ1) is 7.70. The molecule has 0 radical (unpaired) electrons. The molecule has 1 saturated carbocycles. The van der Waals surface area contributed by atoms with Crippen LogP contribution in [0, 0.1) is 5.92 Å². The van der Waals surface area contributed by atoms with Gasteiger partial charge in [0.15, 0.2) is 5.78 Å². The lowest BCUT2D eigenvalue weighted by atomic mass is 9.96. The van der Waals surface area contributed by atoms with Crippen molar-refractivity contribution < 1.29 is 14.3 Å². The molecule has 0 spiro atoms. The molecule has 1 aromatic carbocycles. The number of rotatable bonds is 3. The van der Waals surface area contributed by atoms with Crippen LogP contribution in [0.1, 0.15) is 29.6 Å². The quantitative estimate of drug-likeness (QED) is 0.731. The van der Waals surface area contributed by atoms with Crippen molar-refractivity contribution in [1.82, 2.24) is 0 Å². The van der Waals surface area contributed by atoms with Crippen molar-refractivity contribution in [2.24, 2.45) is 5.92 Å². The molecule has 0 N–H and O–H groups in total. The molecule has 1 fully saturated rings. The third-order valence-corrected chi connectivity index (χ3v) is 2.99. The summed E-state index contributed by atoms with van der Waals surface area (Å²) in [5.41, 5.74) is 0.667. The number of hydrogen-bond donors (Lipinski definition) is 0. The highest BCUT2D eigenvalue weighted by atomic mass is 16.5. The largest absolute Gasteiger partial charge is 0.497 e. The van der Waals surface area contributed by atoms with Crippen LogP contribution in [0.15, 0.2) is 24.3 Å². The maximum absolute atomic E-state index is 12.0. The number of hydrogen-bond acceptors (Lipinski definition) is 3.